The second-order valence-corrected chi connectivity index (χ2v) is 9.37. The Hall–Kier alpha value is -3.36. The lowest BCUT2D eigenvalue weighted by molar-refractivity contribution is -0.121. The normalized spacial score (nSPS) is 11.0. The van der Waals surface area contributed by atoms with Crippen molar-refractivity contribution in [3.8, 4) is 17.2 Å². The molecule has 0 bridgehead atoms. The van der Waals surface area contributed by atoms with Gasteiger partial charge in [-0.05, 0) is 66.1 Å². The second kappa shape index (κ2) is 10.3. The van der Waals surface area contributed by atoms with Gasteiger partial charge in [0.15, 0.2) is 17.3 Å². The van der Waals surface area contributed by atoms with Crippen LogP contribution >= 0.6 is 47.0 Å². The molecule has 180 valence electrons. The van der Waals surface area contributed by atoms with E-state index in [1.54, 1.807) is 30.3 Å². The van der Waals surface area contributed by atoms with Crippen molar-refractivity contribution in [3.63, 3.8) is 0 Å². The fraction of sp³-hybridized carbons (Fsp3) is 0.0385. The average molecular weight is 557 g/mol. The topological polar surface area (TPSA) is 76.4 Å². The van der Waals surface area contributed by atoms with E-state index in [-0.39, 0.29) is 11.7 Å². The highest BCUT2D eigenvalue weighted by atomic mass is 35.5. The van der Waals surface area contributed by atoms with Gasteiger partial charge in [0.2, 0.25) is 5.89 Å². The van der Waals surface area contributed by atoms with Gasteiger partial charge in [0.25, 0.3) is 5.91 Å². The second-order valence-electron chi connectivity index (χ2n) is 7.71. The average Bonchev–Trinajstić information content (AvgIpc) is 3.26. The van der Waals surface area contributed by atoms with Crippen LogP contribution in [0, 0.1) is 0 Å². The van der Waals surface area contributed by atoms with E-state index < -0.39 is 5.91 Å². The van der Waals surface area contributed by atoms with Crippen molar-refractivity contribution < 1.29 is 13.9 Å². The quantitative estimate of drug-likeness (QED) is 0.218. The van der Waals surface area contributed by atoms with Crippen LogP contribution < -0.4 is 15.4 Å². The van der Waals surface area contributed by atoms with Gasteiger partial charge in [-0.15, -0.1) is 0 Å². The number of carbonyl (C=O) groups is 1. The predicted octanol–water partition coefficient (Wildman–Crippen LogP) is 7.50. The van der Waals surface area contributed by atoms with Gasteiger partial charge < -0.3 is 14.5 Å². The maximum atomic E-state index is 12.2. The van der Waals surface area contributed by atoms with Crippen LogP contribution in [0.25, 0.3) is 33.3 Å². The summed E-state index contributed by atoms with van der Waals surface area (Å²) in [4.78, 5) is 16.9. The van der Waals surface area contributed by atoms with Crippen molar-refractivity contribution in [2.75, 3.05) is 11.9 Å². The number of ether oxygens (including phenoxy) is 1. The molecule has 0 atom stereocenters. The summed E-state index contributed by atoms with van der Waals surface area (Å²) in [6, 6.07) is 21.6. The molecule has 0 spiro atoms. The Labute approximate surface area is 226 Å². The maximum Gasteiger partial charge on any atom is 0.264 e. The molecule has 1 heterocycles. The van der Waals surface area contributed by atoms with Crippen LogP contribution in [0.5, 0.6) is 5.75 Å². The molecule has 0 saturated carbocycles. The molecule has 4 aromatic carbocycles. The zero-order chi connectivity index (χ0) is 25.2. The van der Waals surface area contributed by atoms with Gasteiger partial charge in [-0.3, -0.25) is 10.1 Å². The molecule has 0 saturated heterocycles. The molecule has 2 N–H and O–H groups in total. The zero-order valence-corrected chi connectivity index (χ0v) is 21.4. The van der Waals surface area contributed by atoms with E-state index >= 15 is 0 Å². The molecule has 5 rings (SSSR count). The van der Waals surface area contributed by atoms with Crippen molar-refractivity contribution in [1.82, 2.24) is 10.3 Å². The lowest BCUT2D eigenvalue weighted by atomic mass is 10.0. The summed E-state index contributed by atoms with van der Waals surface area (Å²) >= 11 is 23.5. The van der Waals surface area contributed by atoms with Gasteiger partial charge in [0, 0.05) is 26.7 Å². The Kier molecular flexibility index (Phi) is 6.98. The van der Waals surface area contributed by atoms with Gasteiger partial charge in [0.1, 0.15) is 11.3 Å². The minimum atomic E-state index is -0.446. The van der Waals surface area contributed by atoms with E-state index in [0.29, 0.717) is 43.5 Å². The number of carbonyl (C=O) groups excluding carboxylic acids is 1. The van der Waals surface area contributed by atoms with Gasteiger partial charge in [-0.25, -0.2) is 4.98 Å². The molecule has 0 fully saturated rings. The first kappa shape index (κ1) is 24.3. The molecule has 0 unspecified atom stereocenters. The van der Waals surface area contributed by atoms with Crippen molar-refractivity contribution >= 4 is 85.6 Å². The molecular weight excluding hydrogens is 541 g/mol. The molecule has 0 aliphatic carbocycles. The van der Waals surface area contributed by atoms with Crippen molar-refractivity contribution in [3.05, 3.63) is 87.9 Å². The fourth-order valence-corrected chi connectivity index (χ4v) is 4.57. The Bertz CT molecular complexity index is 1640. The van der Waals surface area contributed by atoms with E-state index in [4.69, 9.17) is 56.2 Å². The number of hydrogen-bond donors (Lipinski definition) is 2. The SMILES string of the molecule is O=C(COc1ccc(Cl)cc1Cl)NC(=S)Nc1ccc2oc(-c3cccc4c(Cl)cccc34)nc2c1. The zero-order valence-electron chi connectivity index (χ0n) is 18.3. The Balaban J connectivity index is 1.27. The van der Waals surface area contributed by atoms with E-state index in [0.717, 1.165) is 16.3 Å². The molecule has 1 aromatic heterocycles. The van der Waals surface area contributed by atoms with Crippen LogP contribution in [-0.4, -0.2) is 22.6 Å². The number of nitrogens with zero attached hydrogens (tertiary/aromatic N) is 1. The molecule has 0 radical (unpaired) electrons. The summed E-state index contributed by atoms with van der Waals surface area (Å²) < 4.78 is 11.4. The summed E-state index contributed by atoms with van der Waals surface area (Å²) in [5.74, 6) is 0.373. The highest BCUT2D eigenvalue weighted by Gasteiger charge is 2.14. The summed E-state index contributed by atoms with van der Waals surface area (Å²) in [6.45, 7) is -0.274. The van der Waals surface area contributed by atoms with Crippen LogP contribution in [0.1, 0.15) is 0 Å². The maximum absolute atomic E-state index is 12.2. The van der Waals surface area contributed by atoms with E-state index in [9.17, 15) is 4.79 Å². The third-order valence-electron chi connectivity index (χ3n) is 5.25. The summed E-state index contributed by atoms with van der Waals surface area (Å²) in [6.07, 6.45) is 0. The van der Waals surface area contributed by atoms with Gasteiger partial charge in [-0.1, -0.05) is 59.1 Å². The number of thiocarbonyl (C=S) groups is 1. The monoisotopic (exact) mass is 555 g/mol. The number of rotatable bonds is 5. The summed E-state index contributed by atoms with van der Waals surface area (Å²) in [5, 5.41) is 8.95. The lowest BCUT2D eigenvalue weighted by Crippen LogP contribution is -2.37. The molecule has 5 aromatic rings. The number of oxazole rings is 1. The van der Waals surface area contributed by atoms with Crippen molar-refractivity contribution in [2.24, 2.45) is 0 Å². The number of halogens is 3. The molecule has 0 aliphatic rings. The summed E-state index contributed by atoms with van der Waals surface area (Å²) in [5.41, 5.74) is 2.71. The molecule has 0 aliphatic heterocycles. The number of benzene rings is 4. The lowest BCUT2D eigenvalue weighted by Gasteiger charge is -2.11. The summed E-state index contributed by atoms with van der Waals surface area (Å²) in [7, 11) is 0. The number of nitrogens with one attached hydrogen (secondary N) is 2. The van der Waals surface area contributed by atoms with E-state index in [1.807, 2.05) is 36.4 Å². The molecule has 10 heteroatoms. The van der Waals surface area contributed by atoms with Gasteiger partial charge >= 0.3 is 0 Å². The smallest absolute Gasteiger partial charge is 0.264 e. The molecule has 36 heavy (non-hydrogen) atoms. The van der Waals surface area contributed by atoms with E-state index in [2.05, 4.69) is 15.6 Å². The number of anilines is 1. The van der Waals surface area contributed by atoms with Gasteiger partial charge in [0.05, 0.1) is 5.02 Å². The molecule has 6 nitrogen and oxygen atoms in total. The van der Waals surface area contributed by atoms with E-state index in [1.165, 1.54) is 6.07 Å². The van der Waals surface area contributed by atoms with Crippen LogP contribution in [0.4, 0.5) is 5.69 Å². The Morgan fingerprint density at radius 3 is 2.58 bits per heavy atom. The first-order valence-electron chi connectivity index (χ1n) is 10.6. The minimum absolute atomic E-state index is 0.109. The first-order chi connectivity index (χ1) is 17.4. The Morgan fingerprint density at radius 2 is 1.75 bits per heavy atom. The standard InChI is InChI=1S/C26H16Cl3N3O3S/c27-14-7-9-22(20(29)11-14)34-13-24(33)32-26(36)30-15-8-10-23-21(12-15)31-25(35-23)18-5-1-4-17-16(18)3-2-6-19(17)28/h1-12H,13H2,(H2,30,32,33,36). The highest BCUT2D eigenvalue weighted by Crippen LogP contribution is 2.34. The minimum Gasteiger partial charge on any atom is -0.482 e. The molecular formula is C26H16Cl3N3O3S. The third-order valence-corrected chi connectivity index (χ3v) is 6.31. The number of hydrogen-bond acceptors (Lipinski definition) is 5. The Morgan fingerprint density at radius 1 is 0.944 bits per heavy atom. The van der Waals surface area contributed by atoms with Crippen molar-refractivity contribution in [2.45, 2.75) is 0 Å². The number of fused-ring (bicyclic) bond motifs is 2. The van der Waals surface area contributed by atoms with Crippen LogP contribution in [0.15, 0.2) is 77.2 Å². The van der Waals surface area contributed by atoms with Gasteiger partial charge in [-0.2, -0.15) is 0 Å². The highest BCUT2D eigenvalue weighted by molar-refractivity contribution is 7.80. The van der Waals surface area contributed by atoms with Crippen LogP contribution in [-0.2, 0) is 4.79 Å². The number of amides is 1. The van der Waals surface area contributed by atoms with Crippen LogP contribution in [0.2, 0.25) is 15.1 Å². The number of aromatic nitrogens is 1. The predicted molar refractivity (Wildman–Crippen MR) is 148 cm³/mol. The third kappa shape index (κ3) is 5.24. The van der Waals surface area contributed by atoms with Crippen LogP contribution in [0.3, 0.4) is 0 Å². The molecule has 1 amide bonds. The largest absolute Gasteiger partial charge is 0.482 e. The van der Waals surface area contributed by atoms with Crippen molar-refractivity contribution in [1.29, 1.82) is 0 Å². The fourth-order valence-electron chi connectivity index (χ4n) is 3.64. The first-order valence-corrected chi connectivity index (χ1v) is 12.2.